The zero-order valence-electron chi connectivity index (χ0n) is 11.3. The van der Waals surface area contributed by atoms with Gasteiger partial charge in [-0.3, -0.25) is 4.79 Å². The molecule has 0 bridgehead atoms. The van der Waals surface area contributed by atoms with E-state index in [1.807, 2.05) is 19.9 Å². The minimum atomic E-state index is 0.136. The Kier molecular flexibility index (Phi) is 3.41. The zero-order valence-corrected chi connectivity index (χ0v) is 11.3. The lowest BCUT2D eigenvalue weighted by Crippen LogP contribution is -2.03. The highest BCUT2D eigenvalue weighted by Crippen LogP contribution is 2.38. The molecule has 1 aliphatic carbocycles. The van der Waals surface area contributed by atoms with Crippen LogP contribution < -0.4 is 4.74 Å². The summed E-state index contributed by atoms with van der Waals surface area (Å²) in [6.07, 6.45) is 1.20. The van der Waals surface area contributed by atoms with Gasteiger partial charge in [-0.25, -0.2) is 0 Å². The number of carbonyl (C=O) groups is 1. The van der Waals surface area contributed by atoms with Crippen LogP contribution in [-0.4, -0.2) is 20.0 Å². The molecule has 0 saturated carbocycles. The summed E-state index contributed by atoms with van der Waals surface area (Å²) >= 11 is 0. The number of ether oxygens (including phenoxy) is 2. The van der Waals surface area contributed by atoms with E-state index in [9.17, 15) is 4.79 Å². The van der Waals surface area contributed by atoms with E-state index in [0.717, 1.165) is 28.2 Å². The van der Waals surface area contributed by atoms with E-state index in [1.165, 1.54) is 0 Å². The number of aryl methyl sites for hydroxylation is 2. The number of rotatable bonds is 3. The largest absolute Gasteiger partial charge is 0.500 e. The maximum atomic E-state index is 12.1. The number of Topliss-reactive ketones (excluding diaryl/α,β-unsaturated/α-hetero) is 1. The topological polar surface area (TPSA) is 35.5 Å². The molecule has 1 aliphatic rings. The van der Waals surface area contributed by atoms with Gasteiger partial charge in [-0.2, -0.15) is 0 Å². The average molecular weight is 246 g/mol. The van der Waals surface area contributed by atoms with E-state index in [0.29, 0.717) is 18.4 Å². The number of ketones is 1. The first-order valence-electron chi connectivity index (χ1n) is 6.04. The summed E-state index contributed by atoms with van der Waals surface area (Å²) in [4.78, 5) is 12.1. The number of benzene rings is 1. The summed E-state index contributed by atoms with van der Waals surface area (Å²) in [6.45, 7) is 4.01. The van der Waals surface area contributed by atoms with Crippen LogP contribution in [0.1, 0.15) is 29.5 Å². The molecule has 0 atom stereocenters. The molecule has 0 fully saturated rings. The van der Waals surface area contributed by atoms with Crippen molar-refractivity contribution >= 4 is 11.4 Å². The minimum absolute atomic E-state index is 0.136. The van der Waals surface area contributed by atoms with E-state index in [2.05, 4.69) is 6.07 Å². The van der Waals surface area contributed by atoms with Gasteiger partial charge < -0.3 is 9.47 Å². The molecular formula is C15H18O3. The second-order valence-electron chi connectivity index (χ2n) is 4.58. The van der Waals surface area contributed by atoms with E-state index in [4.69, 9.17) is 9.47 Å². The summed E-state index contributed by atoms with van der Waals surface area (Å²) in [7, 11) is 3.24. The molecular weight excluding hydrogens is 228 g/mol. The molecule has 0 spiro atoms. The minimum Gasteiger partial charge on any atom is -0.500 e. The fourth-order valence-corrected chi connectivity index (χ4v) is 2.53. The first kappa shape index (κ1) is 12.7. The quantitative estimate of drug-likeness (QED) is 0.822. The molecule has 1 aromatic carbocycles. The highest BCUT2D eigenvalue weighted by atomic mass is 16.5. The average Bonchev–Trinajstić information content (AvgIpc) is 2.69. The molecule has 0 radical (unpaired) electrons. The van der Waals surface area contributed by atoms with Crippen LogP contribution in [0.5, 0.6) is 5.75 Å². The second-order valence-corrected chi connectivity index (χ2v) is 4.58. The van der Waals surface area contributed by atoms with Gasteiger partial charge in [0.25, 0.3) is 0 Å². The summed E-state index contributed by atoms with van der Waals surface area (Å²) in [5.41, 5.74) is 3.74. The van der Waals surface area contributed by atoms with Gasteiger partial charge >= 0.3 is 0 Å². The van der Waals surface area contributed by atoms with Gasteiger partial charge in [-0.1, -0.05) is 6.07 Å². The van der Waals surface area contributed by atoms with Crippen LogP contribution in [-0.2, 0) is 9.53 Å². The van der Waals surface area contributed by atoms with E-state index < -0.39 is 0 Å². The lowest BCUT2D eigenvalue weighted by atomic mass is 9.96. The maximum absolute atomic E-state index is 12.1. The van der Waals surface area contributed by atoms with Gasteiger partial charge in [0.1, 0.15) is 11.5 Å². The van der Waals surface area contributed by atoms with Crippen LogP contribution in [0, 0.1) is 13.8 Å². The first-order valence-corrected chi connectivity index (χ1v) is 6.04. The Labute approximate surface area is 107 Å². The van der Waals surface area contributed by atoms with Crippen LogP contribution in [0.3, 0.4) is 0 Å². The van der Waals surface area contributed by atoms with Gasteiger partial charge in [0.15, 0.2) is 5.78 Å². The van der Waals surface area contributed by atoms with Crippen molar-refractivity contribution in [3.8, 4) is 5.75 Å². The van der Waals surface area contributed by atoms with Gasteiger partial charge in [0, 0.05) is 18.4 Å². The molecule has 0 unspecified atom stereocenters. The molecule has 1 aromatic rings. The number of methoxy groups -OCH3 is 2. The standard InChI is InChI=1S/C15H18O3/c1-9-7-10(2)14(13(8-9)18-4)15-11(16)5-6-12(15)17-3/h7-8H,5-6H2,1-4H3. The Morgan fingerprint density at radius 3 is 2.39 bits per heavy atom. The zero-order chi connectivity index (χ0) is 13.3. The molecule has 0 N–H and O–H groups in total. The molecule has 0 aliphatic heterocycles. The van der Waals surface area contributed by atoms with Crippen LogP contribution in [0.2, 0.25) is 0 Å². The molecule has 0 heterocycles. The SMILES string of the molecule is COC1=C(c2c(C)cc(C)cc2OC)C(=O)CC1. The number of hydrogen-bond donors (Lipinski definition) is 0. The van der Waals surface area contributed by atoms with Crippen molar-refractivity contribution in [3.05, 3.63) is 34.6 Å². The molecule has 0 amide bonds. The Morgan fingerprint density at radius 1 is 1.06 bits per heavy atom. The van der Waals surface area contributed by atoms with Crippen molar-refractivity contribution in [1.29, 1.82) is 0 Å². The third-order valence-electron chi connectivity index (χ3n) is 3.30. The third-order valence-corrected chi connectivity index (χ3v) is 3.30. The van der Waals surface area contributed by atoms with E-state index >= 15 is 0 Å². The van der Waals surface area contributed by atoms with Gasteiger partial charge in [-0.05, 0) is 31.0 Å². The van der Waals surface area contributed by atoms with Crippen molar-refractivity contribution in [2.45, 2.75) is 26.7 Å². The molecule has 3 nitrogen and oxygen atoms in total. The third kappa shape index (κ3) is 2.01. The predicted molar refractivity (Wildman–Crippen MR) is 70.6 cm³/mol. The molecule has 96 valence electrons. The molecule has 0 saturated heterocycles. The lowest BCUT2D eigenvalue weighted by molar-refractivity contribution is -0.113. The summed E-state index contributed by atoms with van der Waals surface area (Å²) in [5.74, 6) is 1.65. The maximum Gasteiger partial charge on any atom is 0.167 e. The Morgan fingerprint density at radius 2 is 1.78 bits per heavy atom. The number of hydrogen-bond acceptors (Lipinski definition) is 3. The molecule has 0 aromatic heterocycles. The Balaban J connectivity index is 2.67. The van der Waals surface area contributed by atoms with Crippen LogP contribution >= 0.6 is 0 Å². The van der Waals surface area contributed by atoms with Gasteiger partial charge in [-0.15, -0.1) is 0 Å². The molecule has 18 heavy (non-hydrogen) atoms. The Hall–Kier alpha value is -1.77. The normalized spacial score (nSPS) is 15.2. The fraction of sp³-hybridized carbons (Fsp3) is 0.400. The lowest BCUT2D eigenvalue weighted by Gasteiger charge is -2.14. The number of carbonyl (C=O) groups excluding carboxylic acids is 1. The summed E-state index contributed by atoms with van der Waals surface area (Å²) < 4.78 is 10.8. The highest BCUT2D eigenvalue weighted by molar-refractivity contribution is 6.24. The van der Waals surface area contributed by atoms with Crippen LogP contribution in [0.25, 0.3) is 5.57 Å². The van der Waals surface area contributed by atoms with E-state index in [-0.39, 0.29) is 5.78 Å². The molecule has 3 heteroatoms. The van der Waals surface area contributed by atoms with Crippen molar-refractivity contribution in [2.24, 2.45) is 0 Å². The fourth-order valence-electron chi connectivity index (χ4n) is 2.53. The molecule has 2 rings (SSSR count). The smallest absolute Gasteiger partial charge is 0.167 e. The summed E-state index contributed by atoms with van der Waals surface area (Å²) in [6, 6.07) is 4.01. The van der Waals surface area contributed by atoms with Gasteiger partial charge in [0.05, 0.1) is 19.8 Å². The highest BCUT2D eigenvalue weighted by Gasteiger charge is 2.28. The monoisotopic (exact) mass is 246 g/mol. The Bertz CT molecular complexity index is 527. The van der Waals surface area contributed by atoms with Crippen molar-refractivity contribution in [3.63, 3.8) is 0 Å². The summed E-state index contributed by atoms with van der Waals surface area (Å²) in [5, 5.41) is 0. The van der Waals surface area contributed by atoms with Crippen molar-refractivity contribution in [2.75, 3.05) is 14.2 Å². The number of allylic oxidation sites excluding steroid dienone is 2. The second kappa shape index (κ2) is 4.84. The van der Waals surface area contributed by atoms with E-state index in [1.54, 1.807) is 14.2 Å². The first-order chi connectivity index (χ1) is 8.58. The van der Waals surface area contributed by atoms with Crippen molar-refractivity contribution < 1.29 is 14.3 Å². The van der Waals surface area contributed by atoms with Crippen LogP contribution in [0.4, 0.5) is 0 Å². The predicted octanol–water partition coefficient (Wildman–Crippen LogP) is 3.03. The van der Waals surface area contributed by atoms with Crippen LogP contribution in [0.15, 0.2) is 17.9 Å². The van der Waals surface area contributed by atoms with Gasteiger partial charge in [0.2, 0.25) is 0 Å². The van der Waals surface area contributed by atoms with Crippen molar-refractivity contribution in [1.82, 2.24) is 0 Å².